The monoisotopic (exact) mass is 357 g/mol. The molecule has 0 aliphatic rings. The molecular weight excluding hydrogens is 342 g/mol. The highest BCUT2D eigenvalue weighted by Gasteiger charge is 2.13. The maximum absolute atomic E-state index is 12.4. The number of hydrogen-bond donors (Lipinski definition) is 3. The van der Waals surface area contributed by atoms with E-state index in [1.165, 1.54) is 13.1 Å². The molecule has 0 saturated heterocycles. The molecule has 2 aromatic heterocycles. The molecule has 1 atom stereocenters. The molecule has 3 aromatic rings. The molecule has 8 heteroatoms. The van der Waals surface area contributed by atoms with Crippen LogP contribution in [0.15, 0.2) is 41.3 Å². The number of hydrogen-bond acceptors (Lipinski definition) is 5. The van der Waals surface area contributed by atoms with Crippen molar-refractivity contribution in [2.45, 2.75) is 19.9 Å². The molecule has 25 heavy (non-hydrogen) atoms. The predicted octanol–water partition coefficient (Wildman–Crippen LogP) is 3.10. The predicted molar refractivity (Wildman–Crippen MR) is 98.0 cm³/mol. The number of nitrogens with one attached hydrogen (secondary N) is 3. The fourth-order valence-electron chi connectivity index (χ4n) is 2.48. The van der Waals surface area contributed by atoms with E-state index in [1.54, 1.807) is 18.2 Å². The number of halogens is 1. The number of benzene rings is 1. The summed E-state index contributed by atoms with van der Waals surface area (Å²) in [6, 6.07) is 8.45. The number of fused-ring (bicyclic) bond motifs is 1. The van der Waals surface area contributed by atoms with Gasteiger partial charge in [0.2, 0.25) is 11.9 Å². The van der Waals surface area contributed by atoms with Crippen LogP contribution in [-0.4, -0.2) is 20.9 Å². The second-order valence-corrected chi connectivity index (χ2v) is 5.98. The Morgan fingerprint density at radius 1 is 1.32 bits per heavy atom. The third kappa shape index (κ3) is 3.77. The number of carbonyl (C=O) groups excluding carboxylic acids is 1. The van der Waals surface area contributed by atoms with Crippen molar-refractivity contribution < 1.29 is 4.79 Å². The Morgan fingerprint density at radius 2 is 2.12 bits per heavy atom. The molecule has 0 radical (unpaired) electrons. The van der Waals surface area contributed by atoms with Crippen molar-refractivity contribution in [2.75, 3.05) is 10.6 Å². The quantitative estimate of drug-likeness (QED) is 0.666. The van der Waals surface area contributed by atoms with Crippen LogP contribution in [-0.2, 0) is 4.79 Å². The zero-order chi connectivity index (χ0) is 18.0. The van der Waals surface area contributed by atoms with Crippen LogP contribution in [0.2, 0.25) is 5.02 Å². The van der Waals surface area contributed by atoms with Crippen molar-refractivity contribution >= 4 is 40.2 Å². The summed E-state index contributed by atoms with van der Waals surface area (Å²) in [5.41, 5.74) is 0.899. The molecule has 0 bridgehead atoms. The Morgan fingerprint density at radius 3 is 2.88 bits per heavy atom. The molecule has 0 aliphatic heterocycles. The summed E-state index contributed by atoms with van der Waals surface area (Å²) in [6.45, 7) is 3.23. The van der Waals surface area contributed by atoms with Gasteiger partial charge in [0.15, 0.2) is 0 Å². The minimum absolute atomic E-state index is 0.222. The van der Waals surface area contributed by atoms with E-state index in [0.717, 1.165) is 5.39 Å². The first-order valence-electron chi connectivity index (χ1n) is 7.62. The number of aromatic nitrogens is 3. The average molecular weight is 358 g/mol. The maximum atomic E-state index is 12.4. The van der Waals surface area contributed by atoms with Gasteiger partial charge in [0.05, 0.1) is 16.6 Å². The van der Waals surface area contributed by atoms with Crippen molar-refractivity contribution in [2.24, 2.45) is 0 Å². The Bertz CT molecular complexity index is 1000. The van der Waals surface area contributed by atoms with Crippen molar-refractivity contribution in [3.05, 3.63) is 57.5 Å². The van der Waals surface area contributed by atoms with E-state index in [-0.39, 0.29) is 17.5 Å². The fourth-order valence-corrected chi connectivity index (χ4v) is 2.71. The molecule has 0 unspecified atom stereocenters. The zero-order valence-electron chi connectivity index (χ0n) is 13.6. The smallest absolute Gasteiger partial charge is 0.253 e. The number of nitrogens with zero attached hydrogens (tertiary/aromatic N) is 2. The lowest BCUT2D eigenvalue weighted by atomic mass is 10.1. The largest absolute Gasteiger partial charge is 0.347 e. The van der Waals surface area contributed by atoms with Gasteiger partial charge in [0, 0.05) is 24.1 Å². The van der Waals surface area contributed by atoms with Gasteiger partial charge in [-0.2, -0.15) is 4.98 Å². The van der Waals surface area contributed by atoms with Crippen molar-refractivity contribution in [3.8, 4) is 0 Å². The van der Waals surface area contributed by atoms with Crippen molar-refractivity contribution in [3.63, 3.8) is 0 Å². The molecule has 1 amide bonds. The van der Waals surface area contributed by atoms with Crippen LogP contribution in [0.5, 0.6) is 0 Å². The second kappa shape index (κ2) is 6.90. The minimum atomic E-state index is -0.347. The van der Waals surface area contributed by atoms with Gasteiger partial charge < -0.3 is 15.6 Å². The van der Waals surface area contributed by atoms with Crippen LogP contribution >= 0.6 is 11.6 Å². The molecule has 3 rings (SSSR count). The standard InChI is InChI=1S/C17H16ClN5O2/c1-9(20-17-19-7-6-14(22-17)21-10(2)24)12-8-11-4-3-5-13(18)15(11)23-16(12)25/h3-9H,1-2H3,(H,23,25)(H2,19,20,21,22,24)/t9-/m0/s1. The van der Waals surface area contributed by atoms with Crippen LogP contribution < -0.4 is 16.2 Å². The maximum Gasteiger partial charge on any atom is 0.253 e. The molecule has 2 heterocycles. The molecule has 3 N–H and O–H groups in total. The van der Waals surface area contributed by atoms with E-state index in [2.05, 4.69) is 25.6 Å². The van der Waals surface area contributed by atoms with Gasteiger partial charge in [-0.05, 0) is 25.1 Å². The highest BCUT2D eigenvalue weighted by atomic mass is 35.5. The first kappa shape index (κ1) is 16.9. The molecule has 7 nitrogen and oxygen atoms in total. The third-order valence-electron chi connectivity index (χ3n) is 3.63. The topological polar surface area (TPSA) is 99.8 Å². The Balaban J connectivity index is 1.90. The number of carbonyl (C=O) groups is 1. The number of aromatic amines is 1. The van der Waals surface area contributed by atoms with Crippen LogP contribution in [0.3, 0.4) is 0 Å². The second-order valence-electron chi connectivity index (χ2n) is 5.57. The van der Waals surface area contributed by atoms with Crippen LogP contribution in [0.4, 0.5) is 11.8 Å². The van der Waals surface area contributed by atoms with E-state index in [4.69, 9.17) is 11.6 Å². The minimum Gasteiger partial charge on any atom is -0.347 e. The van der Waals surface area contributed by atoms with Gasteiger partial charge in [-0.25, -0.2) is 4.98 Å². The number of anilines is 2. The van der Waals surface area contributed by atoms with Gasteiger partial charge >= 0.3 is 0 Å². The number of pyridine rings is 1. The van der Waals surface area contributed by atoms with Gasteiger partial charge in [-0.3, -0.25) is 9.59 Å². The molecular formula is C17H16ClN5O2. The lowest BCUT2D eigenvalue weighted by Gasteiger charge is -2.14. The summed E-state index contributed by atoms with van der Waals surface area (Å²) in [6.07, 6.45) is 1.53. The van der Waals surface area contributed by atoms with Crippen LogP contribution in [0, 0.1) is 0 Å². The SMILES string of the molecule is CC(=O)Nc1ccnc(N[C@@H](C)c2cc3cccc(Cl)c3[nH]c2=O)n1. The van der Waals surface area contributed by atoms with E-state index >= 15 is 0 Å². The van der Waals surface area contributed by atoms with Gasteiger partial charge in [0.25, 0.3) is 5.56 Å². The number of amides is 1. The summed E-state index contributed by atoms with van der Waals surface area (Å²) in [4.78, 5) is 34.6. The van der Waals surface area contributed by atoms with E-state index < -0.39 is 0 Å². The Labute approximate surface area is 148 Å². The summed E-state index contributed by atoms with van der Waals surface area (Å²) in [7, 11) is 0. The Kier molecular flexibility index (Phi) is 4.67. The summed E-state index contributed by atoms with van der Waals surface area (Å²) in [5, 5.41) is 6.98. The average Bonchev–Trinajstić information content (AvgIpc) is 2.55. The van der Waals surface area contributed by atoms with E-state index in [1.807, 2.05) is 19.1 Å². The van der Waals surface area contributed by atoms with Gasteiger partial charge in [0.1, 0.15) is 5.82 Å². The highest BCUT2D eigenvalue weighted by molar-refractivity contribution is 6.35. The third-order valence-corrected chi connectivity index (χ3v) is 3.94. The lowest BCUT2D eigenvalue weighted by molar-refractivity contribution is -0.114. The van der Waals surface area contributed by atoms with Crippen LogP contribution in [0.25, 0.3) is 10.9 Å². The normalized spacial score (nSPS) is 12.0. The highest BCUT2D eigenvalue weighted by Crippen LogP contribution is 2.23. The van der Waals surface area contributed by atoms with Crippen LogP contribution in [0.1, 0.15) is 25.5 Å². The molecule has 0 saturated carbocycles. The van der Waals surface area contributed by atoms with Crippen molar-refractivity contribution in [1.29, 1.82) is 0 Å². The first-order valence-corrected chi connectivity index (χ1v) is 8.00. The zero-order valence-corrected chi connectivity index (χ0v) is 14.4. The van der Waals surface area contributed by atoms with Crippen molar-refractivity contribution in [1.82, 2.24) is 15.0 Å². The fraction of sp³-hybridized carbons (Fsp3) is 0.176. The van der Waals surface area contributed by atoms with E-state index in [9.17, 15) is 9.59 Å². The molecule has 0 fully saturated rings. The summed E-state index contributed by atoms with van der Waals surface area (Å²) < 4.78 is 0. The summed E-state index contributed by atoms with van der Waals surface area (Å²) >= 11 is 6.11. The number of rotatable bonds is 4. The van der Waals surface area contributed by atoms with Gasteiger partial charge in [-0.1, -0.05) is 23.7 Å². The molecule has 128 valence electrons. The Hall–Kier alpha value is -2.93. The van der Waals surface area contributed by atoms with E-state index in [0.29, 0.717) is 27.9 Å². The van der Waals surface area contributed by atoms with Gasteiger partial charge in [-0.15, -0.1) is 0 Å². The lowest BCUT2D eigenvalue weighted by Crippen LogP contribution is -2.20. The molecule has 1 aromatic carbocycles. The molecule has 0 aliphatic carbocycles. The summed E-state index contributed by atoms with van der Waals surface area (Å²) in [5.74, 6) is 0.473. The molecule has 0 spiro atoms. The number of para-hydroxylation sites is 1. The number of H-pyrrole nitrogens is 1. The first-order chi connectivity index (χ1) is 11.9.